The van der Waals surface area contributed by atoms with E-state index >= 15 is 0 Å². The molecule has 1 aromatic heterocycles. The van der Waals surface area contributed by atoms with Crippen molar-refractivity contribution in [3.8, 4) is 11.3 Å². The van der Waals surface area contributed by atoms with Crippen LogP contribution in [-0.2, 0) is 0 Å². The second-order valence-corrected chi connectivity index (χ2v) is 6.31. The van der Waals surface area contributed by atoms with Crippen molar-refractivity contribution in [2.24, 2.45) is 0 Å². The van der Waals surface area contributed by atoms with Crippen LogP contribution in [-0.4, -0.2) is 16.0 Å². The molecule has 3 N–H and O–H groups in total. The van der Waals surface area contributed by atoms with Crippen molar-refractivity contribution in [3.63, 3.8) is 0 Å². The largest absolute Gasteiger partial charge is 0.383 e. The van der Waals surface area contributed by atoms with E-state index in [4.69, 9.17) is 5.73 Å². The van der Waals surface area contributed by atoms with Gasteiger partial charge in [0.1, 0.15) is 11.5 Å². The molecule has 3 rings (SSSR count). The lowest BCUT2D eigenvalue weighted by atomic mass is 9.99. The lowest BCUT2D eigenvalue weighted by Crippen LogP contribution is -2.05. The summed E-state index contributed by atoms with van der Waals surface area (Å²) in [5.41, 5.74) is 9.57. The average molecular weight is 403 g/mol. The number of H-pyrrole nitrogens is 1. The van der Waals surface area contributed by atoms with Crippen molar-refractivity contribution in [2.45, 2.75) is 6.92 Å². The zero-order valence-corrected chi connectivity index (χ0v) is 14.1. The van der Waals surface area contributed by atoms with Crippen molar-refractivity contribution in [1.29, 1.82) is 0 Å². The number of aryl methyl sites for hydroxylation is 1. The summed E-state index contributed by atoms with van der Waals surface area (Å²) in [7, 11) is 0. The summed E-state index contributed by atoms with van der Waals surface area (Å²) in [5.74, 6) is 0.166. The van der Waals surface area contributed by atoms with Crippen LogP contribution in [0, 0.1) is 10.5 Å². The minimum atomic E-state index is -0.125. The van der Waals surface area contributed by atoms with E-state index in [1.807, 2.05) is 49.4 Å². The minimum Gasteiger partial charge on any atom is -0.383 e. The third kappa shape index (κ3) is 2.76. The highest BCUT2D eigenvalue weighted by molar-refractivity contribution is 14.1. The molecule has 2 aromatic carbocycles. The van der Waals surface area contributed by atoms with Crippen molar-refractivity contribution in [1.82, 2.24) is 10.2 Å². The molecule has 0 amide bonds. The smallest absolute Gasteiger partial charge is 0.199 e. The number of aromatic nitrogens is 2. The lowest BCUT2D eigenvalue weighted by Gasteiger charge is -2.05. The van der Waals surface area contributed by atoms with Gasteiger partial charge < -0.3 is 5.73 Å². The quantitative estimate of drug-likeness (QED) is 0.516. The van der Waals surface area contributed by atoms with Gasteiger partial charge in [-0.15, -0.1) is 0 Å². The molecule has 5 heteroatoms. The molecular formula is C17H14IN3O. The molecule has 0 bridgehead atoms. The molecule has 0 fully saturated rings. The van der Waals surface area contributed by atoms with E-state index in [9.17, 15) is 4.79 Å². The van der Waals surface area contributed by atoms with Gasteiger partial charge in [0.15, 0.2) is 5.78 Å². The van der Waals surface area contributed by atoms with Gasteiger partial charge in [0.25, 0.3) is 0 Å². The van der Waals surface area contributed by atoms with E-state index in [0.717, 1.165) is 14.7 Å². The van der Waals surface area contributed by atoms with Crippen molar-refractivity contribution in [2.75, 3.05) is 5.73 Å². The van der Waals surface area contributed by atoms with Crippen LogP contribution in [0.3, 0.4) is 0 Å². The Hall–Kier alpha value is -2.15. The first-order valence-electron chi connectivity index (χ1n) is 6.77. The number of carbonyl (C=O) groups is 1. The molecule has 3 aromatic rings. The van der Waals surface area contributed by atoms with E-state index in [1.165, 1.54) is 0 Å². The number of nitrogens with zero attached hydrogens (tertiary/aromatic N) is 1. The molecule has 0 saturated heterocycles. The number of carbonyl (C=O) groups excluding carboxylic acids is 1. The van der Waals surface area contributed by atoms with Crippen molar-refractivity contribution >= 4 is 34.2 Å². The fourth-order valence-electron chi connectivity index (χ4n) is 2.28. The monoisotopic (exact) mass is 403 g/mol. The Kier molecular flexibility index (Phi) is 3.98. The first kappa shape index (κ1) is 14.8. The normalized spacial score (nSPS) is 10.6. The Balaban J connectivity index is 2.09. The third-order valence-corrected chi connectivity index (χ3v) is 4.10. The maximum atomic E-state index is 12.8. The summed E-state index contributed by atoms with van der Waals surface area (Å²) >= 11 is 2.18. The minimum absolute atomic E-state index is 0.125. The highest BCUT2D eigenvalue weighted by Crippen LogP contribution is 2.28. The number of rotatable bonds is 3. The molecule has 0 aliphatic rings. The maximum absolute atomic E-state index is 12.8. The fraction of sp³-hybridized carbons (Fsp3) is 0.0588. The van der Waals surface area contributed by atoms with Crippen LogP contribution in [0.15, 0.2) is 48.5 Å². The number of anilines is 1. The molecule has 4 nitrogen and oxygen atoms in total. The molecule has 22 heavy (non-hydrogen) atoms. The molecule has 0 unspecified atom stereocenters. The van der Waals surface area contributed by atoms with E-state index in [2.05, 4.69) is 32.8 Å². The summed E-state index contributed by atoms with van der Waals surface area (Å²) in [5, 5.41) is 6.93. The van der Waals surface area contributed by atoms with Crippen LogP contribution in [0.4, 0.5) is 5.82 Å². The first-order chi connectivity index (χ1) is 10.6. The van der Waals surface area contributed by atoms with E-state index in [1.54, 1.807) is 6.07 Å². The summed E-state index contributed by atoms with van der Waals surface area (Å²) in [6.07, 6.45) is 0. The Bertz CT molecular complexity index is 837. The molecule has 1 heterocycles. The van der Waals surface area contributed by atoms with Crippen LogP contribution in [0.2, 0.25) is 0 Å². The lowest BCUT2D eigenvalue weighted by molar-refractivity contribution is 0.104. The number of aromatic amines is 1. The van der Waals surface area contributed by atoms with Gasteiger partial charge in [-0.05, 0) is 41.6 Å². The third-order valence-electron chi connectivity index (χ3n) is 3.43. The van der Waals surface area contributed by atoms with Crippen LogP contribution < -0.4 is 5.73 Å². The molecule has 0 spiro atoms. The Morgan fingerprint density at radius 2 is 1.91 bits per heavy atom. The topological polar surface area (TPSA) is 71.8 Å². The first-order valence-corrected chi connectivity index (χ1v) is 7.85. The summed E-state index contributed by atoms with van der Waals surface area (Å²) in [4.78, 5) is 12.8. The molecule has 0 aliphatic carbocycles. The zero-order chi connectivity index (χ0) is 15.7. The van der Waals surface area contributed by atoms with Crippen LogP contribution >= 0.6 is 22.6 Å². The number of nitrogen functional groups attached to an aromatic ring is 1. The SMILES string of the molecule is Cc1ccc(-c2n[nH]c(N)c2C(=O)c2cccc(I)c2)cc1. The maximum Gasteiger partial charge on any atom is 0.199 e. The average Bonchev–Trinajstić information content (AvgIpc) is 2.89. The van der Waals surface area contributed by atoms with Gasteiger partial charge in [-0.1, -0.05) is 42.0 Å². The zero-order valence-electron chi connectivity index (χ0n) is 11.9. The predicted octanol–water partition coefficient (Wildman–Crippen LogP) is 3.80. The number of ketones is 1. The number of hydrogen-bond donors (Lipinski definition) is 2. The van der Waals surface area contributed by atoms with E-state index in [0.29, 0.717) is 22.6 Å². The van der Waals surface area contributed by atoms with Crippen molar-refractivity contribution < 1.29 is 4.79 Å². The molecule has 0 atom stereocenters. The number of nitrogens with one attached hydrogen (secondary N) is 1. The Morgan fingerprint density at radius 1 is 1.18 bits per heavy atom. The molecule has 110 valence electrons. The number of hydrogen-bond acceptors (Lipinski definition) is 3. The van der Waals surface area contributed by atoms with Crippen LogP contribution in [0.5, 0.6) is 0 Å². The van der Waals surface area contributed by atoms with Crippen LogP contribution in [0.1, 0.15) is 21.5 Å². The Morgan fingerprint density at radius 3 is 2.59 bits per heavy atom. The molecular weight excluding hydrogens is 389 g/mol. The molecule has 0 saturated carbocycles. The van der Waals surface area contributed by atoms with Gasteiger partial charge in [-0.3, -0.25) is 9.89 Å². The highest BCUT2D eigenvalue weighted by Gasteiger charge is 2.21. The standard InChI is InChI=1S/C17H14IN3O/c1-10-5-7-11(8-6-10)15-14(17(19)21-20-15)16(22)12-3-2-4-13(18)9-12/h2-9H,1H3,(H3,19,20,21). The predicted molar refractivity (Wildman–Crippen MR) is 95.8 cm³/mol. The highest BCUT2D eigenvalue weighted by atomic mass is 127. The number of benzene rings is 2. The second kappa shape index (κ2) is 5.92. The van der Waals surface area contributed by atoms with E-state index in [-0.39, 0.29) is 5.78 Å². The van der Waals surface area contributed by atoms with E-state index < -0.39 is 0 Å². The fourth-order valence-corrected chi connectivity index (χ4v) is 2.82. The summed E-state index contributed by atoms with van der Waals surface area (Å²) in [6, 6.07) is 15.3. The number of nitrogens with two attached hydrogens (primary N) is 1. The van der Waals surface area contributed by atoms with Gasteiger partial charge in [-0.25, -0.2) is 0 Å². The summed E-state index contributed by atoms with van der Waals surface area (Å²) in [6.45, 7) is 2.01. The molecule has 0 radical (unpaired) electrons. The van der Waals surface area contributed by atoms with Gasteiger partial charge in [0.05, 0.1) is 5.56 Å². The van der Waals surface area contributed by atoms with Crippen LogP contribution in [0.25, 0.3) is 11.3 Å². The van der Waals surface area contributed by atoms with Gasteiger partial charge >= 0.3 is 0 Å². The van der Waals surface area contributed by atoms with Gasteiger partial charge in [-0.2, -0.15) is 5.10 Å². The molecule has 0 aliphatic heterocycles. The van der Waals surface area contributed by atoms with Crippen molar-refractivity contribution in [3.05, 3.63) is 68.8 Å². The second-order valence-electron chi connectivity index (χ2n) is 5.07. The Labute approximate surface area is 141 Å². The van der Waals surface area contributed by atoms with Gasteiger partial charge in [0.2, 0.25) is 0 Å². The number of halogens is 1. The summed E-state index contributed by atoms with van der Waals surface area (Å²) < 4.78 is 1.00. The van der Waals surface area contributed by atoms with Gasteiger partial charge in [0, 0.05) is 14.7 Å².